The van der Waals surface area contributed by atoms with Gasteiger partial charge in [-0.15, -0.1) is 11.3 Å². The first-order chi connectivity index (χ1) is 6.16. The molecular weight excluding hydrogens is 184 g/mol. The van der Waals surface area contributed by atoms with Crippen molar-refractivity contribution in [2.45, 2.75) is 25.8 Å². The SMILES string of the molecule is CC(=O)c1sc(NC2CC2)cc1N. The summed E-state index contributed by atoms with van der Waals surface area (Å²) in [6.45, 7) is 1.54. The largest absolute Gasteiger partial charge is 0.397 e. The standard InChI is InChI=1S/C9H12N2OS/c1-5(12)9-7(10)4-8(13-9)11-6-2-3-6/h4,6,11H,2-3,10H2,1H3. The van der Waals surface area contributed by atoms with E-state index in [1.807, 2.05) is 6.07 Å². The Morgan fingerprint density at radius 2 is 2.38 bits per heavy atom. The summed E-state index contributed by atoms with van der Waals surface area (Å²) in [7, 11) is 0. The van der Waals surface area contributed by atoms with Crippen LogP contribution >= 0.6 is 11.3 Å². The van der Waals surface area contributed by atoms with Gasteiger partial charge in [0.1, 0.15) is 0 Å². The number of carbonyl (C=O) groups is 1. The number of nitrogen functional groups attached to an aromatic ring is 1. The van der Waals surface area contributed by atoms with Crippen LogP contribution < -0.4 is 11.1 Å². The number of carbonyl (C=O) groups excluding carboxylic acids is 1. The second-order valence-electron chi connectivity index (χ2n) is 3.37. The summed E-state index contributed by atoms with van der Waals surface area (Å²) in [5.41, 5.74) is 6.29. The number of thiophene rings is 1. The monoisotopic (exact) mass is 196 g/mol. The van der Waals surface area contributed by atoms with Gasteiger partial charge in [0.05, 0.1) is 15.6 Å². The number of nitrogens with two attached hydrogens (primary N) is 1. The van der Waals surface area contributed by atoms with Crippen LogP contribution in [0.25, 0.3) is 0 Å². The molecule has 1 aromatic heterocycles. The molecule has 0 unspecified atom stereocenters. The van der Waals surface area contributed by atoms with E-state index in [1.165, 1.54) is 24.2 Å². The van der Waals surface area contributed by atoms with Crippen LogP contribution in [-0.2, 0) is 0 Å². The molecule has 0 bridgehead atoms. The van der Waals surface area contributed by atoms with Gasteiger partial charge in [-0.1, -0.05) is 0 Å². The van der Waals surface area contributed by atoms with Crippen LogP contribution in [0.1, 0.15) is 29.4 Å². The van der Waals surface area contributed by atoms with Crippen molar-refractivity contribution in [2.75, 3.05) is 11.1 Å². The maximum Gasteiger partial charge on any atom is 0.171 e. The van der Waals surface area contributed by atoms with Crippen molar-refractivity contribution in [2.24, 2.45) is 0 Å². The Labute approximate surface area is 80.9 Å². The third-order valence-corrected chi connectivity index (χ3v) is 3.19. The fourth-order valence-electron chi connectivity index (χ4n) is 1.18. The second kappa shape index (κ2) is 3.03. The molecule has 3 N–H and O–H groups in total. The highest BCUT2D eigenvalue weighted by atomic mass is 32.1. The van der Waals surface area contributed by atoms with Crippen molar-refractivity contribution < 1.29 is 4.79 Å². The first kappa shape index (κ1) is 8.56. The van der Waals surface area contributed by atoms with E-state index in [-0.39, 0.29) is 5.78 Å². The average Bonchev–Trinajstić information content (AvgIpc) is 2.75. The molecule has 0 radical (unpaired) electrons. The van der Waals surface area contributed by atoms with Crippen molar-refractivity contribution in [1.82, 2.24) is 0 Å². The summed E-state index contributed by atoms with van der Waals surface area (Å²) in [5, 5.41) is 4.34. The molecule has 2 rings (SSSR count). The van der Waals surface area contributed by atoms with Crippen LogP contribution in [0.5, 0.6) is 0 Å². The summed E-state index contributed by atoms with van der Waals surface area (Å²) < 4.78 is 0. The van der Waals surface area contributed by atoms with Crippen molar-refractivity contribution in [3.8, 4) is 0 Å². The molecule has 0 aliphatic heterocycles. The molecule has 1 fully saturated rings. The smallest absolute Gasteiger partial charge is 0.171 e. The van der Waals surface area contributed by atoms with E-state index in [4.69, 9.17) is 5.73 Å². The van der Waals surface area contributed by atoms with Gasteiger partial charge in [-0.3, -0.25) is 4.79 Å². The van der Waals surface area contributed by atoms with Crippen molar-refractivity contribution in [3.05, 3.63) is 10.9 Å². The fourth-order valence-corrected chi connectivity index (χ4v) is 2.13. The topological polar surface area (TPSA) is 55.1 Å². The third kappa shape index (κ3) is 1.83. The molecule has 4 heteroatoms. The Bertz CT molecular complexity index is 341. The van der Waals surface area contributed by atoms with E-state index in [1.54, 1.807) is 6.92 Å². The number of hydrogen-bond acceptors (Lipinski definition) is 4. The maximum atomic E-state index is 11.1. The van der Waals surface area contributed by atoms with Crippen LogP contribution in [-0.4, -0.2) is 11.8 Å². The van der Waals surface area contributed by atoms with Crippen molar-refractivity contribution >= 4 is 27.8 Å². The normalized spacial score (nSPS) is 15.8. The molecule has 1 aliphatic rings. The summed E-state index contributed by atoms with van der Waals surface area (Å²) in [6, 6.07) is 2.46. The van der Waals surface area contributed by atoms with E-state index in [2.05, 4.69) is 5.32 Å². The lowest BCUT2D eigenvalue weighted by Crippen LogP contribution is -1.97. The van der Waals surface area contributed by atoms with Gasteiger partial charge >= 0.3 is 0 Å². The van der Waals surface area contributed by atoms with Crippen LogP contribution in [0, 0.1) is 0 Å². The zero-order chi connectivity index (χ0) is 9.42. The summed E-state index contributed by atoms with van der Waals surface area (Å²) >= 11 is 1.45. The van der Waals surface area contributed by atoms with Gasteiger partial charge < -0.3 is 11.1 Å². The first-order valence-corrected chi connectivity index (χ1v) is 5.15. The Morgan fingerprint density at radius 1 is 1.69 bits per heavy atom. The highest BCUT2D eigenvalue weighted by Crippen LogP contribution is 2.33. The summed E-state index contributed by atoms with van der Waals surface area (Å²) in [6.07, 6.45) is 2.46. The Morgan fingerprint density at radius 3 is 2.85 bits per heavy atom. The molecule has 0 aromatic carbocycles. The van der Waals surface area contributed by atoms with Gasteiger partial charge in [-0.05, 0) is 18.9 Å². The Kier molecular flexibility index (Phi) is 2.00. The zero-order valence-corrected chi connectivity index (χ0v) is 8.28. The van der Waals surface area contributed by atoms with E-state index < -0.39 is 0 Å². The van der Waals surface area contributed by atoms with E-state index in [0.717, 1.165) is 5.00 Å². The minimum absolute atomic E-state index is 0.0475. The lowest BCUT2D eigenvalue weighted by Gasteiger charge is -1.96. The first-order valence-electron chi connectivity index (χ1n) is 4.33. The number of nitrogens with one attached hydrogen (secondary N) is 1. The summed E-state index contributed by atoms with van der Waals surface area (Å²) in [5.74, 6) is 0.0475. The lowest BCUT2D eigenvalue weighted by atomic mass is 10.3. The minimum Gasteiger partial charge on any atom is -0.397 e. The number of ketones is 1. The maximum absolute atomic E-state index is 11.1. The van der Waals surface area contributed by atoms with E-state index >= 15 is 0 Å². The van der Waals surface area contributed by atoms with E-state index in [9.17, 15) is 4.79 Å². The highest BCUT2D eigenvalue weighted by molar-refractivity contribution is 7.18. The lowest BCUT2D eigenvalue weighted by molar-refractivity contribution is 0.102. The Hall–Kier alpha value is -1.03. The van der Waals surface area contributed by atoms with Gasteiger partial charge in [-0.2, -0.15) is 0 Å². The number of rotatable bonds is 3. The van der Waals surface area contributed by atoms with Crippen LogP contribution in [0.3, 0.4) is 0 Å². The van der Waals surface area contributed by atoms with Crippen molar-refractivity contribution in [1.29, 1.82) is 0 Å². The molecule has 13 heavy (non-hydrogen) atoms. The molecule has 70 valence electrons. The van der Waals surface area contributed by atoms with Gasteiger partial charge in [0.15, 0.2) is 5.78 Å². The third-order valence-electron chi connectivity index (χ3n) is 2.00. The number of hydrogen-bond donors (Lipinski definition) is 2. The molecular formula is C9H12N2OS. The minimum atomic E-state index is 0.0475. The van der Waals surface area contributed by atoms with Gasteiger partial charge in [-0.25, -0.2) is 0 Å². The molecule has 0 saturated heterocycles. The second-order valence-corrected chi connectivity index (χ2v) is 4.42. The quantitative estimate of drug-likeness (QED) is 0.728. The van der Waals surface area contributed by atoms with Crippen LogP contribution in [0.4, 0.5) is 10.7 Å². The fraction of sp³-hybridized carbons (Fsp3) is 0.444. The molecule has 1 heterocycles. The average molecular weight is 196 g/mol. The highest BCUT2D eigenvalue weighted by Gasteiger charge is 2.22. The number of Topliss-reactive ketones (excluding diaryl/α,β-unsaturated/α-hetero) is 1. The van der Waals surface area contributed by atoms with Crippen molar-refractivity contribution in [3.63, 3.8) is 0 Å². The zero-order valence-electron chi connectivity index (χ0n) is 7.46. The molecule has 3 nitrogen and oxygen atoms in total. The molecule has 0 spiro atoms. The number of anilines is 2. The van der Waals surface area contributed by atoms with E-state index in [0.29, 0.717) is 16.6 Å². The molecule has 0 amide bonds. The van der Waals surface area contributed by atoms with Crippen LogP contribution in [0.2, 0.25) is 0 Å². The molecule has 0 atom stereocenters. The van der Waals surface area contributed by atoms with Crippen LogP contribution in [0.15, 0.2) is 6.07 Å². The molecule has 1 saturated carbocycles. The van der Waals surface area contributed by atoms with Gasteiger partial charge in [0, 0.05) is 13.0 Å². The predicted molar refractivity (Wildman–Crippen MR) is 55.4 cm³/mol. The van der Waals surface area contributed by atoms with Gasteiger partial charge in [0.25, 0.3) is 0 Å². The summed E-state index contributed by atoms with van der Waals surface area (Å²) in [4.78, 5) is 11.8. The molecule has 1 aromatic rings. The molecule has 1 aliphatic carbocycles. The van der Waals surface area contributed by atoms with Gasteiger partial charge in [0.2, 0.25) is 0 Å². The predicted octanol–water partition coefficient (Wildman–Crippen LogP) is 2.11. The Balaban J connectivity index is 2.18.